The molecule has 0 aliphatic heterocycles. The average molecular weight is 268 g/mol. The number of pyridine rings is 1. The molecular formula is C14H16N6. The first-order valence-electron chi connectivity index (χ1n) is 6.31. The molecule has 20 heavy (non-hydrogen) atoms. The van der Waals surface area contributed by atoms with Gasteiger partial charge in [0, 0.05) is 25.9 Å². The predicted molar refractivity (Wildman–Crippen MR) is 77.8 cm³/mol. The van der Waals surface area contributed by atoms with Crippen molar-refractivity contribution in [3.8, 4) is 6.07 Å². The van der Waals surface area contributed by atoms with Gasteiger partial charge in [-0.25, -0.2) is 9.97 Å². The van der Waals surface area contributed by atoms with Gasteiger partial charge in [0.05, 0.1) is 24.4 Å². The minimum absolute atomic E-state index is 0.441. The van der Waals surface area contributed by atoms with Crippen molar-refractivity contribution >= 4 is 17.3 Å². The fourth-order valence-corrected chi connectivity index (χ4v) is 1.75. The summed E-state index contributed by atoms with van der Waals surface area (Å²) < 4.78 is 0. The number of aromatic nitrogens is 3. The average Bonchev–Trinajstić information content (AvgIpc) is 2.47. The second-order valence-corrected chi connectivity index (χ2v) is 4.26. The molecule has 0 radical (unpaired) electrons. The number of nitriles is 1. The van der Waals surface area contributed by atoms with Crippen LogP contribution in [0, 0.1) is 18.3 Å². The van der Waals surface area contributed by atoms with Crippen LogP contribution in [-0.4, -0.2) is 28.5 Å². The van der Waals surface area contributed by atoms with Crippen LogP contribution >= 0.6 is 0 Å². The number of hydrogen-bond acceptors (Lipinski definition) is 6. The molecule has 0 aliphatic rings. The molecule has 1 N–H and O–H groups in total. The van der Waals surface area contributed by atoms with Crippen molar-refractivity contribution in [2.45, 2.75) is 13.3 Å². The first kappa shape index (κ1) is 13.7. The Balaban J connectivity index is 2.21. The first-order valence-corrected chi connectivity index (χ1v) is 6.31. The zero-order valence-corrected chi connectivity index (χ0v) is 11.5. The molecule has 0 atom stereocenters. The summed E-state index contributed by atoms with van der Waals surface area (Å²) in [6, 6.07) is 7.80. The molecule has 0 saturated carbocycles. The monoisotopic (exact) mass is 268 g/mol. The van der Waals surface area contributed by atoms with Crippen LogP contribution in [0.4, 0.5) is 17.3 Å². The van der Waals surface area contributed by atoms with E-state index in [0.717, 1.165) is 17.3 Å². The third-order valence-electron chi connectivity index (χ3n) is 2.74. The summed E-state index contributed by atoms with van der Waals surface area (Å²) in [5.41, 5.74) is 0.952. The van der Waals surface area contributed by atoms with Crippen molar-refractivity contribution in [2.24, 2.45) is 0 Å². The quantitative estimate of drug-likeness (QED) is 0.838. The third-order valence-corrected chi connectivity index (χ3v) is 2.74. The van der Waals surface area contributed by atoms with Crippen LogP contribution in [0.1, 0.15) is 12.2 Å². The Morgan fingerprint density at radius 1 is 1.40 bits per heavy atom. The Labute approximate surface area is 118 Å². The molecule has 0 aliphatic carbocycles. The molecule has 0 saturated heterocycles. The van der Waals surface area contributed by atoms with Crippen molar-refractivity contribution in [3.63, 3.8) is 0 Å². The van der Waals surface area contributed by atoms with E-state index in [0.29, 0.717) is 18.8 Å². The van der Waals surface area contributed by atoms with E-state index >= 15 is 0 Å². The van der Waals surface area contributed by atoms with Crippen LogP contribution in [0.5, 0.6) is 0 Å². The van der Waals surface area contributed by atoms with Gasteiger partial charge in [0.1, 0.15) is 17.5 Å². The largest absolute Gasteiger partial charge is 0.369 e. The van der Waals surface area contributed by atoms with Gasteiger partial charge in [0.25, 0.3) is 0 Å². The summed E-state index contributed by atoms with van der Waals surface area (Å²) in [5, 5.41) is 11.7. The van der Waals surface area contributed by atoms with Gasteiger partial charge in [0.15, 0.2) is 0 Å². The predicted octanol–water partition coefficient (Wildman–Crippen LogP) is 2.27. The van der Waals surface area contributed by atoms with Crippen LogP contribution in [0.15, 0.2) is 30.6 Å². The number of hydrogen-bond donors (Lipinski definition) is 1. The Morgan fingerprint density at radius 2 is 2.25 bits per heavy atom. The Kier molecular flexibility index (Phi) is 4.45. The van der Waals surface area contributed by atoms with Crippen molar-refractivity contribution in [1.82, 2.24) is 15.0 Å². The number of rotatable bonds is 5. The highest BCUT2D eigenvalue weighted by atomic mass is 15.2. The summed E-state index contributed by atoms with van der Waals surface area (Å²) in [6.45, 7) is 2.42. The van der Waals surface area contributed by atoms with Gasteiger partial charge in [-0.05, 0) is 19.1 Å². The van der Waals surface area contributed by atoms with E-state index in [2.05, 4.69) is 26.3 Å². The maximum Gasteiger partial charge on any atom is 0.138 e. The molecule has 0 aromatic carbocycles. The van der Waals surface area contributed by atoms with E-state index in [9.17, 15) is 0 Å². The molecule has 0 fully saturated rings. The summed E-state index contributed by atoms with van der Waals surface area (Å²) in [7, 11) is 1.93. The lowest BCUT2D eigenvalue weighted by Gasteiger charge is -2.19. The summed E-state index contributed by atoms with van der Waals surface area (Å²) in [5.74, 6) is 2.18. The molecular weight excluding hydrogens is 252 g/mol. The molecule has 2 aromatic heterocycles. The maximum absolute atomic E-state index is 8.55. The molecule has 0 spiro atoms. The lowest BCUT2D eigenvalue weighted by molar-refractivity contribution is 0.986. The second kappa shape index (κ2) is 6.48. The van der Waals surface area contributed by atoms with E-state index < -0.39 is 0 Å². The second-order valence-electron chi connectivity index (χ2n) is 4.26. The van der Waals surface area contributed by atoms with Crippen molar-refractivity contribution in [2.75, 3.05) is 23.8 Å². The highest BCUT2D eigenvalue weighted by molar-refractivity contribution is 5.60. The highest BCUT2D eigenvalue weighted by Gasteiger charge is 2.08. The molecule has 6 nitrogen and oxygen atoms in total. The van der Waals surface area contributed by atoms with E-state index in [1.54, 1.807) is 12.4 Å². The molecule has 0 amide bonds. The molecule has 2 rings (SSSR count). The SMILES string of the molecule is Cc1nc(NCCC#N)cc(N(C)c2cccnc2)n1. The molecule has 2 heterocycles. The zero-order chi connectivity index (χ0) is 14.4. The van der Waals surface area contributed by atoms with E-state index in [4.69, 9.17) is 5.26 Å². The summed E-state index contributed by atoms with van der Waals surface area (Å²) >= 11 is 0. The van der Waals surface area contributed by atoms with Gasteiger partial charge in [-0.3, -0.25) is 4.98 Å². The van der Waals surface area contributed by atoms with Crippen LogP contribution in [0.2, 0.25) is 0 Å². The van der Waals surface area contributed by atoms with Gasteiger partial charge in [-0.15, -0.1) is 0 Å². The summed E-state index contributed by atoms with van der Waals surface area (Å²) in [4.78, 5) is 14.8. The van der Waals surface area contributed by atoms with Gasteiger partial charge in [-0.2, -0.15) is 5.26 Å². The lowest BCUT2D eigenvalue weighted by atomic mass is 10.3. The van der Waals surface area contributed by atoms with Gasteiger partial charge < -0.3 is 10.2 Å². The molecule has 102 valence electrons. The topological polar surface area (TPSA) is 77.7 Å². The number of nitrogens with zero attached hydrogens (tertiary/aromatic N) is 5. The standard InChI is InChI=1S/C14H16N6/c1-11-18-13(17-8-4-6-15)9-14(19-11)20(2)12-5-3-7-16-10-12/h3,5,7,9-10H,4,8H2,1-2H3,(H,17,18,19). The Hall–Kier alpha value is -2.68. The fourth-order valence-electron chi connectivity index (χ4n) is 1.75. The van der Waals surface area contributed by atoms with E-state index in [-0.39, 0.29) is 0 Å². The molecule has 6 heteroatoms. The fraction of sp³-hybridized carbons (Fsp3) is 0.286. The van der Waals surface area contributed by atoms with Crippen LogP contribution in [0.25, 0.3) is 0 Å². The van der Waals surface area contributed by atoms with Crippen LogP contribution < -0.4 is 10.2 Å². The Morgan fingerprint density at radius 3 is 2.95 bits per heavy atom. The normalized spacial score (nSPS) is 9.85. The van der Waals surface area contributed by atoms with E-state index in [1.165, 1.54) is 0 Å². The zero-order valence-electron chi connectivity index (χ0n) is 11.5. The van der Waals surface area contributed by atoms with Crippen molar-refractivity contribution < 1.29 is 0 Å². The summed E-state index contributed by atoms with van der Waals surface area (Å²) in [6.07, 6.45) is 3.95. The molecule has 2 aromatic rings. The number of anilines is 3. The van der Waals surface area contributed by atoms with Crippen LogP contribution in [0.3, 0.4) is 0 Å². The smallest absolute Gasteiger partial charge is 0.138 e. The third kappa shape index (κ3) is 3.42. The number of nitrogens with one attached hydrogen (secondary N) is 1. The minimum Gasteiger partial charge on any atom is -0.369 e. The first-order chi connectivity index (χ1) is 9.70. The van der Waals surface area contributed by atoms with Gasteiger partial charge >= 0.3 is 0 Å². The Bertz CT molecular complexity index is 605. The molecule has 0 unspecified atom stereocenters. The highest BCUT2D eigenvalue weighted by Crippen LogP contribution is 2.22. The van der Waals surface area contributed by atoms with Crippen LogP contribution in [-0.2, 0) is 0 Å². The lowest BCUT2D eigenvalue weighted by Crippen LogP contribution is -2.14. The molecule has 0 bridgehead atoms. The van der Waals surface area contributed by atoms with Crippen molar-refractivity contribution in [1.29, 1.82) is 5.26 Å². The van der Waals surface area contributed by atoms with E-state index in [1.807, 2.05) is 37.1 Å². The van der Waals surface area contributed by atoms with Crippen molar-refractivity contribution in [3.05, 3.63) is 36.4 Å². The van der Waals surface area contributed by atoms with Gasteiger partial charge in [0.2, 0.25) is 0 Å². The minimum atomic E-state index is 0.441. The maximum atomic E-state index is 8.55. The number of aryl methyl sites for hydroxylation is 1. The van der Waals surface area contributed by atoms with Gasteiger partial charge in [-0.1, -0.05) is 0 Å².